The van der Waals surface area contributed by atoms with Gasteiger partial charge in [0.2, 0.25) is 0 Å². The van der Waals surface area contributed by atoms with Gasteiger partial charge in [0.1, 0.15) is 5.60 Å². The van der Waals surface area contributed by atoms with Gasteiger partial charge in [-0.25, -0.2) is 4.79 Å². The number of nitrogens with zero attached hydrogens (tertiary/aromatic N) is 1. The highest BCUT2D eigenvalue weighted by atomic mass is 16.6. The van der Waals surface area contributed by atoms with E-state index in [2.05, 4.69) is 0 Å². The van der Waals surface area contributed by atoms with E-state index >= 15 is 0 Å². The highest BCUT2D eigenvalue weighted by Crippen LogP contribution is 2.47. The zero-order chi connectivity index (χ0) is 13.5. The van der Waals surface area contributed by atoms with Crippen LogP contribution >= 0.6 is 0 Å². The van der Waals surface area contributed by atoms with Crippen LogP contribution < -0.4 is 0 Å². The van der Waals surface area contributed by atoms with E-state index < -0.39 is 11.6 Å². The van der Waals surface area contributed by atoms with E-state index in [1.54, 1.807) is 4.90 Å². The number of carbonyl (C=O) groups excluding carboxylic acids is 1. The Balaban J connectivity index is 1.89. The average molecular weight is 255 g/mol. The predicted molar refractivity (Wildman–Crippen MR) is 65.2 cm³/mol. The highest BCUT2D eigenvalue weighted by Gasteiger charge is 2.51. The van der Waals surface area contributed by atoms with E-state index in [1.807, 2.05) is 20.8 Å². The Kier molecular flexibility index (Phi) is 3.25. The molecule has 18 heavy (non-hydrogen) atoms. The number of likely N-dealkylation sites (tertiary alicyclic amines) is 1. The average Bonchev–Trinajstić information content (AvgIpc) is 2.49. The van der Waals surface area contributed by atoms with Gasteiger partial charge in [-0.15, -0.1) is 0 Å². The van der Waals surface area contributed by atoms with Crippen molar-refractivity contribution in [3.63, 3.8) is 0 Å². The summed E-state index contributed by atoms with van der Waals surface area (Å²) in [7, 11) is 0. The first-order valence-electron chi connectivity index (χ1n) is 6.49. The van der Waals surface area contributed by atoms with E-state index in [-0.39, 0.29) is 24.5 Å². The fourth-order valence-corrected chi connectivity index (χ4v) is 3.02. The van der Waals surface area contributed by atoms with Gasteiger partial charge >= 0.3 is 12.1 Å². The van der Waals surface area contributed by atoms with Crippen LogP contribution in [0.3, 0.4) is 0 Å². The molecule has 3 atom stereocenters. The Bertz CT molecular complexity index is 360. The molecular weight excluding hydrogens is 234 g/mol. The van der Waals surface area contributed by atoms with Crippen LogP contribution in [0.25, 0.3) is 0 Å². The highest BCUT2D eigenvalue weighted by molar-refractivity contribution is 5.70. The van der Waals surface area contributed by atoms with Gasteiger partial charge in [-0.3, -0.25) is 4.79 Å². The first-order chi connectivity index (χ1) is 8.28. The number of hydrogen-bond acceptors (Lipinski definition) is 3. The summed E-state index contributed by atoms with van der Waals surface area (Å²) >= 11 is 0. The maximum atomic E-state index is 12.0. The molecule has 1 saturated heterocycles. The van der Waals surface area contributed by atoms with Crippen molar-refractivity contribution >= 4 is 12.1 Å². The van der Waals surface area contributed by atoms with Crippen molar-refractivity contribution in [2.45, 2.75) is 51.7 Å². The number of carbonyl (C=O) groups is 2. The van der Waals surface area contributed by atoms with Crippen molar-refractivity contribution in [1.29, 1.82) is 0 Å². The second-order valence-electron chi connectivity index (χ2n) is 6.29. The van der Waals surface area contributed by atoms with Crippen molar-refractivity contribution in [1.82, 2.24) is 4.90 Å². The zero-order valence-electron chi connectivity index (χ0n) is 11.2. The van der Waals surface area contributed by atoms with Crippen LogP contribution in [0.1, 0.15) is 40.0 Å². The summed E-state index contributed by atoms with van der Waals surface area (Å²) in [4.78, 5) is 24.4. The topological polar surface area (TPSA) is 66.8 Å². The second-order valence-corrected chi connectivity index (χ2v) is 6.29. The van der Waals surface area contributed by atoms with Gasteiger partial charge < -0.3 is 14.7 Å². The maximum Gasteiger partial charge on any atom is 0.410 e. The molecule has 1 amide bonds. The summed E-state index contributed by atoms with van der Waals surface area (Å²) in [6.07, 6.45) is 1.67. The molecule has 1 N–H and O–H groups in total. The largest absolute Gasteiger partial charge is 0.481 e. The van der Waals surface area contributed by atoms with Crippen molar-refractivity contribution in [2.24, 2.45) is 11.8 Å². The molecule has 0 bridgehead atoms. The Hall–Kier alpha value is -1.26. The molecule has 5 nitrogen and oxygen atoms in total. The Morgan fingerprint density at radius 1 is 1.39 bits per heavy atom. The van der Waals surface area contributed by atoms with Crippen LogP contribution in [-0.4, -0.2) is 40.3 Å². The third-order valence-corrected chi connectivity index (χ3v) is 3.81. The van der Waals surface area contributed by atoms with Gasteiger partial charge in [-0.1, -0.05) is 0 Å². The third kappa shape index (κ3) is 2.60. The number of aliphatic carboxylic acids is 1. The lowest BCUT2D eigenvalue weighted by Gasteiger charge is -2.43. The molecule has 1 aliphatic carbocycles. The molecule has 2 fully saturated rings. The minimum absolute atomic E-state index is 0.198. The molecule has 1 heterocycles. The minimum Gasteiger partial charge on any atom is -0.481 e. The molecular formula is C13H21NO4. The van der Waals surface area contributed by atoms with Crippen molar-refractivity contribution in [2.75, 3.05) is 6.54 Å². The number of amides is 1. The lowest BCUT2D eigenvalue weighted by Crippen LogP contribution is -2.49. The van der Waals surface area contributed by atoms with Crippen LogP contribution in [-0.2, 0) is 9.53 Å². The first kappa shape index (κ1) is 13.2. The Labute approximate surface area is 107 Å². The normalized spacial score (nSPS) is 30.6. The zero-order valence-corrected chi connectivity index (χ0v) is 11.2. The summed E-state index contributed by atoms with van der Waals surface area (Å²) in [6.45, 7) is 6.26. The fourth-order valence-electron chi connectivity index (χ4n) is 3.02. The third-order valence-electron chi connectivity index (χ3n) is 3.81. The van der Waals surface area contributed by atoms with Crippen molar-refractivity contribution < 1.29 is 19.4 Å². The van der Waals surface area contributed by atoms with Crippen molar-refractivity contribution in [3.8, 4) is 0 Å². The van der Waals surface area contributed by atoms with Gasteiger partial charge in [-0.05, 0) is 45.4 Å². The summed E-state index contributed by atoms with van der Waals surface area (Å²) < 4.78 is 5.36. The molecule has 2 rings (SSSR count). The first-order valence-corrected chi connectivity index (χ1v) is 6.49. The quantitative estimate of drug-likeness (QED) is 0.820. The number of hydrogen-bond donors (Lipinski definition) is 1. The summed E-state index contributed by atoms with van der Waals surface area (Å²) in [5, 5.41) is 8.79. The van der Waals surface area contributed by atoms with E-state index in [0.29, 0.717) is 12.5 Å². The smallest absolute Gasteiger partial charge is 0.410 e. The van der Waals surface area contributed by atoms with Crippen LogP contribution in [0.5, 0.6) is 0 Å². The number of rotatable bonds is 2. The molecule has 102 valence electrons. The molecule has 0 unspecified atom stereocenters. The molecule has 0 aromatic carbocycles. The van der Waals surface area contributed by atoms with E-state index in [9.17, 15) is 9.59 Å². The Morgan fingerprint density at radius 3 is 2.61 bits per heavy atom. The van der Waals surface area contributed by atoms with Gasteiger partial charge in [-0.2, -0.15) is 0 Å². The van der Waals surface area contributed by atoms with Crippen LogP contribution in [0, 0.1) is 11.8 Å². The molecule has 1 saturated carbocycles. The van der Waals surface area contributed by atoms with Gasteiger partial charge in [0.25, 0.3) is 0 Å². The standard InChI is InChI=1S/C13H21NO4/c1-13(2,3)18-12(17)14-5-4-9-8(6-10(9)14)7-11(15)16/h8-10H,4-7H2,1-3H3,(H,15,16)/t8-,9+,10-/m0/s1. The molecule has 0 spiro atoms. The van der Waals surface area contributed by atoms with Gasteiger partial charge in [0, 0.05) is 19.0 Å². The molecule has 0 radical (unpaired) electrons. The summed E-state index contributed by atoms with van der Waals surface area (Å²) in [6, 6.07) is 0.198. The van der Waals surface area contributed by atoms with E-state index in [4.69, 9.17) is 9.84 Å². The lowest BCUT2D eigenvalue weighted by atomic mass is 9.68. The Morgan fingerprint density at radius 2 is 2.06 bits per heavy atom. The summed E-state index contributed by atoms with van der Waals surface area (Å²) in [5.74, 6) is -0.150. The minimum atomic E-state index is -0.742. The SMILES string of the molecule is CC(C)(C)OC(=O)N1CC[C@@H]2[C@H](CC(=O)O)C[C@@H]21. The van der Waals surface area contributed by atoms with Crippen LogP contribution in [0.4, 0.5) is 4.79 Å². The van der Waals surface area contributed by atoms with Gasteiger partial charge in [0.15, 0.2) is 0 Å². The number of ether oxygens (including phenoxy) is 1. The molecule has 2 aliphatic rings. The molecule has 5 heteroatoms. The van der Waals surface area contributed by atoms with Crippen molar-refractivity contribution in [3.05, 3.63) is 0 Å². The lowest BCUT2D eigenvalue weighted by molar-refractivity contribution is -0.140. The molecule has 0 aromatic rings. The molecule has 0 aromatic heterocycles. The number of carboxylic acid groups (broad SMARTS) is 1. The number of carboxylic acids is 1. The van der Waals surface area contributed by atoms with Crippen LogP contribution in [0.15, 0.2) is 0 Å². The van der Waals surface area contributed by atoms with Crippen LogP contribution in [0.2, 0.25) is 0 Å². The van der Waals surface area contributed by atoms with Gasteiger partial charge in [0.05, 0.1) is 0 Å². The molecule has 1 aliphatic heterocycles. The van der Waals surface area contributed by atoms with E-state index in [0.717, 1.165) is 12.8 Å². The monoisotopic (exact) mass is 255 g/mol. The second kappa shape index (κ2) is 4.44. The predicted octanol–water partition coefficient (Wildman–Crippen LogP) is 2.11. The van der Waals surface area contributed by atoms with E-state index in [1.165, 1.54) is 0 Å². The summed E-state index contributed by atoms with van der Waals surface area (Å²) in [5.41, 5.74) is -0.473. The fraction of sp³-hybridized carbons (Fsp3) is 0.846. The number of fused-ring (bicyclic) bond motifs is 1. The maximum absolute atomic E-state index is 12.0.